The average Bonchev–Trinajstić information content (AvgIpc) is 3.25. The van der Waals surface area contributed by atoms with E-state index >= 15 is 0 Å². The Kier molecular flexibility index (Phi) is 5.77. The molecule has 7 heteroatoms. The van der Waals surface area contributed by atoms with Gasteiger partial charge in [-0.15, -0.1) is 0 Å². The smallest absolute Gasteiger partial charge is 0.262 e. The second-order valence-electron chi connectivity index (χ2n) is 6.63. The van der Waals surface area contributed by atoms with Gasteiger partial charge in [-0.25, -0.2) is 0 Å². The van der Waals surface area contributed by atoms with Crippen LogP contribution in [0.25, 0.3) is 22.8 Å². The number of rotatable bonds is 6. The van der Waals surface area contributed by atoms with Gasteiger partial charge in [-0.2, -0.15) is 4.98 Å². The van der Waals surface area contributed by atoms with E-state index in [0.29, 0.717) is 33.7 Å². The lowest BCUT2D eigenvalue weighted by Gasteiger charge is -2.10. The lowest BCUT2D eigenvalue weighted by atomic mass is 10.1. The molecule has 0 spiro atoms. The van der Waals surface area contributed by atoms with Gasteiger partial charge in [-0.3, -0.25) is 4.79 Å². The zero-order valence-corrected chi connectivity index (χ0v) is 16.9. The molecule has 6 nitrogen and oxygen atoms in total. The summed E-state index contributed by atoms with van der Waals surface area (Å²) in [6.45, 7) is 1.85. The van der Waals surface area contributed by atoms with Gasteiger partial charge in [0.25, 0.3) is 11.8 Å². The molecule has 0 fully saturated rings. The third-order valence-corrected chi connectivity index (χ3v) is 4.59. The number of aromatic nitrogens is 2. The van der Waals surface area contributed by atoms with Crippen molar-refractivity contribution in [2.75, 3.05) is 11.9 Å². The van der Waals surface area contributed by atoms with Crippen LogP contribution in [-0.4, -0.2) is 22.7 Å². The molecule has 1 amide bonds. The highest BCUT2D eigenvalue weighted by atomic mass is 35.5. The maximum Gasteiger partial charge on any atom is 0.262 e. The number of aryl methyl sites for hydroxylation is 1. The molecule has 0 aliphatic heterocycles. The summed E-state index contributed by atoms with van der Waals surface area (Å²) in [7, 11) is 0. The third kappa shape index (κ3) is 4.67. The molecule has 0 radical (unpaired) electrons. The number of para-hydroxylation sites is 1. The van der Waals surface area contributed by atoms with Crippen molar-refractivity contribution in [3.8, 4) is 28.6 Å². The van der Waals surface area contributed by atoms with E-state index in [1.54, 1.807) is 30.3 Å². The fraction of sp³-hybridized carbons (Fsp3) is 0.0870. The molecule has 0 atom stereocenters. The largest absolute Gasteiger partial charge is 0.483 e. The number of nitrogens with one attached hydrogen (secondary N) is 1. The number of anilines is 1. The van der Waals surface area contributed by atoms with Gasteiger partial charge < -0.3 is 14.6 Å². The van der Waals surface area contributed by atoms with Crippen LogP contribution in [0.4, 0.5) is 5.69 Å². The first-order valence-corrected chi connectivity index (χ1v) is 9.65. The zero-order chi connectivity index (χ0) is 20.9. The SMILES string of the molecule is Cc1ccc(-c2nc(-c3ccccc3OCC(=O)Nc3ccc(Cl)cc3)no2)cc1. The van der Waals surface area contributed by atoms with Crippen molar-refractivity contribution in [1.29, 1.82) is 0 Å². The van der Waals surface area contributed by atoms with Crippen LogP contribution >= 0.6 is 11.6 Å². The molecule has 30 heavy (non-hydrogen) atoms. The van der Waals surface area contributed by atoms with Gasteiger partial charge in [0.15, 0.2) is 6.61 Å². The maximum atomic E-state index is 12.2. The first-order valence-electron chi connectivity index (χ1n) is 9.27. The Hall–Kier alpha value is -3.64. The van der Waals surface area contributed by atoms with E-state index in [2.05, 4.69) is 15.5 Å². The van der Waals surface area contributed by atoms with E-state index in [-0.39, 0.29) is 12.5 Å². The van der Waals surface area contributed by atoms with Crippen molar-refractivity contribution in [3.05, 3.63) is 83.4 Å². The Bertz CT molecular complexity index is 1160. The van der Waals surface area contributed by atoms with Crippen molar-refractivity contribution < 1.29 is 14.1 Å². The van der Waals surface area contributed by atoms with Gasteiger partial charge in [0, 0.05) is 16.3 Å². The standard InChI is InChI=1S/C23H18ClN3O3/c1-15-6-8-16(9-7-15)23-26-22(27-30-23)19-4-2-3-5-20(19)29-14-21(28)25-18-12-10-17(24)11-13-18/h2-13H,14H2,1H3,(H,25,28). The fourth-order valence-corrected chi connectivity index (χ4v) is 2.92. The molecule has 1 N–H and O–H groups in total. The molecule has 3 aromatic carbocycles. The van der Waals surface area contributed by atoms with Crippen LogP contribution in [-0.2, 0) is 4.79 Å². The van der Waals surface area contributed by atoms with E-state index in [1.807, 2.05) is 49.4 Å². The Labute approximate surface area is 178 Å². The van der Waals surface area contributed by atoms with Crippen LogP contribution in [0, 0.1) is 6.92 Å². The number of amides is 1. The minimum Gasteiger partial charge on any atom is -0.483 e. The van der Waals surface area contributed by atoms with Crippen LogP contribution in [0.3, 0.4) is 0 Å². The minimum absolute atomic E-state index is 0.164. The summed E-state index contributed by atoms with van der Waals surface area (Å²) in [5.74, 6) is 1.00. The molecule has 0 unspecified atom stereocenters. The molecule has 1 aromatic heterocycles. The molecule has 0 aliphatic carbocycles. The summed E-state index contributed by atoms with van der Waals surface area (Å²) >= 11 is 5.86. The van der Waals surface area contributed by atoms with Gasteiger partial charge in [-0.1, -0.05) is 46.6 Å². The van der Waals surface area contributed by atoms with Crippen molar-refractivity contribution in [1.82, 2.24) is 10.1 Å². The van der Waals surface area contributed by atoms with Crippen LogP contribution in [0.5, 0.6) is 5.75 Å². The number of nitrogens with zero attached hydrogens (tertiary/aromatic N) is 2. The number of ether oxygens (including phenoxy) is 1. The molecule has 0 saturated heterocycles. The Morgan fingerprint density at radius 2 is 1.77 bits per heavy atom. The van der Waals surface area contributed by atoms with Crippen molar-refractivity contribution in [2.45, 2.75) is 6.92 Å². The molecule has 4 aromatic rings. The zero-order valence-electron chi connectivity index (χ0n) is 16.1. The molecular weight excluding hydrogens is 402 g/mol. The summed E-state index contributed by atoms with van der Waals surface area (Å²) in [5.41, 5.74) is 3.26. The van der Waals surface area contributed by atoms with Crippen LogP contribution < -0.4 is 10.1 Å². The second-order valence-corrected chi connectivity index (χ2v) is 7.07. The number of carbonyl (C=O) groups is 1. The Morgan fingerprint density at radius 3 is 2.53 bits per heavy atom. The number of carbonyl (C=O) groups excluding carboxylic acids is 1. The third-order valence-electron chi connectivity index (χ3n) is 4.34. The summed E-state index contributed by atoms with van der Waals surface area (Å²) in [5, 5.41) is 7.43. The predicted molar refractivity (Wildman–Crippen MR) is 115 cm³/mol. The lowest BCUT2D eigenvalue weighted by molar-refractivity contribution is -0.118. The second kappa shape index (κ2) is 8.80. The van der Waals surface area contributed by atoms with Gasteiger partial charge >= 0.3 is 0 Å². The molecule has 0 aliphatic rings. The molecule has 150 valence electrons. The van der Waals surface area contributed by atoms with Gasteiger partial charge in [0.2, 0.25) is 5.82 Å². The molecule has 4 rings (SSSR count). The number of benzene rings is 3. The molecule has 0 saturated carbocycles. The van der Waals surface area contributed by atoms with Gasteiger partial charge in [-0.05, 0) is 55.5 Å². The first-order chi connectivity index (χ1) is 14.6. The number of halogens is 1. The highest BCUT2D eigenvalue weighted by Gasteiger charge is 2.15. The van der Waals surface area contributed by atoms with Crippen LogP contribution in [0.1, 0.15) is 5.56 Å². The van der Waals surface area contributed by atoms with E-state index in [4.69, 9.17) is 20.9 Å². The van der Waals surface area contributed by atoms with Crippen molar-refractivity contribution >= 4 is 23.2 Å². The Morgan fingerprint density at radius 1 is 1.03 bits per heavy atom. The minimum atomic E-state index is -0.291. The van der Waals surface area contributed by atoms with Crippen LogP contribution in [0.15, 0.2) is 77.3 Å². The van der Waals surface area contributed by atoms with E-state index in [1.165, 1.54) is 0 Å². The average molecular weight is 420 g/mol. The molecule has 0 bridgehead atoms. The van der Waals surface area contributed by atoms with Gasteiger partial charge in [0.05, 0.1) is 5.56 Å². The highest BCUT2D eigenvalue weighted by Crippen LogP contribution is 2.29. The monoisotopic (exact) mass is 419 g/mol. The summed E-state index contributed by atoms with van der Waals surface area (Å²) in [4.78, 5) is 16.7. The molecular formula is C23H18ClN3O3. The van der Waals surface area contributed by atoms with Crippen LogP contribution in [0.2, 0.25) is 5.02 Å². The quantitative estimate of drug-likeness (QED) is 0.453. The van der Waals surface area contributed by atoms with E-state index < -0.39 is 0 Å². The van der Waals surface area contributed by atoms with E-state index in [0.717, 1.165) is 11.1 Å². The summed E-state index contributed by atoms with van der Waals surface area (Å²) in [6.07, 6.45) is 0. The lowest BCUT2D eigenvalue weighted by Crippen LogP contribution is -2.20. The number of hydrogen-bond acceptors (Lipinski definition) is 5. The highest BCUT2D eigenvalue weighted by molar-refractivity contribution is 6.30. The maximum absolute atomic E-state index is 12.2. The van der Waals surface area contributed by atoms with Gasteiger partial charge in [0.1, 0.15) is 5.75 Å². The number of hydrogen-bond donors (Lipinski definition) is 1. The normalized spacial score (nSPS) is 10.6. The topological polar surface area (TPSA) is 77.2 Å². The van der Waals surface area contributed by atoms with E-state index in [9.17, 15) is 4.79 Å². The van der Waals surface area contributed by atoms with Crippen molar-refractivity contribution in [2.24, 2.45) is 0 Å². The predicted octanol–water partition coefficient (Wildman–Crippen LogP) is 5.38. The van der Waals surface area contributed by atoms with Crippen molar-refractivity contribution in [3.63, 3.8) is 0 Å². The molecule has 1 heterocycles. The summed E-state index contributed by atoms with van der Waals surface area (Å²) in [6, 6.07) is 21.9. The Balaban J connectivity index is 1.47. The fourth-order valence-electron chi connectivity index (χ4n) is 2.80. The summed E-state index contributed by atoms with van der Waals surface area (Å²) < 4.78 is 11.1. The first kappa shape index (κ1) is 19.7.